The Morgan fingerprint density at radius 1 is 1.30 bits per heavy atom. The second kappa shape index (κ2) is 7.31. The molecule has 6 nitrogen and oxygen atoms in total. The zero-order chi connectivity index (χ0) is 19.0. The van der Waals surface area contributed by atoms with Crippen LogP contribution in [0.15, 0.2) is 35.5 Å². The van der Waals surface area contributed by atoms with Crippen LogP contribution in [0.5, 0.6) is 0 Å². The van der Waals surface area contributed by atoms with Gasteiger partial charge in [0.1, 0.15) is 0 Å². The van der Waals surface area contributed by atoms with E-state index in [-0.39, 0.29) is 17.2 Å². The highest BCUT2D eigenvalue weighted by atomic mass is 32.2. The first-order chi connectivity index (χ1) is 13.0. The monoisotopic (exact) mass is 381 g/mol. The lowest BCUT2D eigenvalue weighted by Gasteiger charge is -2.27. The molecule has 1 aliphatic carbocycles. The van der Waals surface area contributed by atoms with Gasteiger partial charge >= 0.3 is 0 Å². The summed E-state index contributed by atoms with van der Waals surface area (Å²) in [7, 11) is 0. The van der Waals surface area contributed by atoms with Gasteiger partial charge in [0.15, 0.2) is 0 Å². The molecule has 7 heteroatoms. The van der Waals surface area contributed by atoms with Gasteiger partial charge in [-0.1, -0.05) is 36.0 Å². The van der Waals surface area contributed by atoms with Gasteiger partial charge in [0, 0.05) is 11.4 Å². The molecule has 0 radical (unpaired) electrons. The average molecular weight is 382 g/mol. The van der Waals surface area contributed by atoms with Crippen LogP contribution in [0.3, 0.4) is 0 Å². The molecule has 4 rings (SSSR count). The number of hydrogen-bond donors (Lipinski definition) is 1. The molecule has 0 fully saturated rings. The zero-order valence-corrected chi connectivity index (χ0v) is 16.6. The molecule has 1 aromatic carbocycles. The van der Waals surface area contributed by atoms with Gasteiger partial charge in [-0.05, 0) is 57.2 Å². The molecule has 2 atom stereocenters. The molecule has 1 aliphatic rings. The van der Waals surface area contributed by atoms with E-state index in [0.29, 0.717) is 10.9 Å². The van der Waals surface area contributed by atoms with E-state index in [1.54, 1.807) is 4.52 Å². The topological polar surface area (TPSA) is 72.2 Å². The average Bonchev–Trinajstić information content (AvgIpc) is 3.04. The zero-order valence-electron chi connectivity index (χ0n) is 15.8. The smallest absolute Gasteiger partial charge is 0.253 e. The highest BCUT2D eigenvalue weighted by molar-refractivity contribution is 8.00. The predicted octanol–water partition coefficient (Wildman–Crippen LogP) is 3.42. The van der Waals surface area contributed by atoms with Crippen LogP contribution in [0.25, 0.3) is 5.78 Å². The summed E-state index contributed by atoms with van der Waals surface area (Å²) in [6.45, 7) is 5.81. The van der Waals surface area contributed by atoms with E-state index in [0.717, 1.165) is 30.7 Å². The number of thioether (sulfide) groups is 1. The van der Waals surface area contributed by atoms with Gasteiger partial charge < -0.3 is 5.32 Å². The molecular weight excluding hydrogens is 358 g/mol. The van der Waals surface area contributed by atoms with Gasteiger partial charge in [-0.25, -0.2) is 9.50 Å². The molecule has 2 heterocycles. The maximum atomic E-state index is 12.8. The number of hydrogen-bond acceptors (Lipinski definition) is 5. The minimum atomic E-state index is -0.280. The number of fused-ring (bicyclic) bond motifs is 2. The Kier molecular flexibility index (Phi) is 4.86. The quantitative estimate of drug-likeness (QED) is 0.701. The van der Waals surface area contributed by atoms with Crippen molar-refractivity contribution < 1.29 is 4.79 Å². The molecule has 0 unspecified atom stereocenters. The van der Waals surface area contributed by atoms with E-state index in [1.165, 1.54) is 22.9 Å². The highest BCUT2D eigenvalue weighted by Crippen LogP contribution is 2.30. The minimum Gasteiger partial charge on any atom is -0.348 e. The van der Waals surface area contributed by atoms with E-state index >= 15 is 0 Å². The van der Waals surface area contributed by atoms with E-state index in [1.807, 2.05) is 32.9 Å². The summed E-state index contributed by atoms with van der Waals surface area (Å²) < 4.78 is 1.72. The van der Waals surface area contributed by atoms with Gasteiger partial charge in [-0.3, -0.25) is 4.79 Å². The minimum absolute atomic E-state index is 0.0152. The molecule has 0 saturated heterocycles. The highest BCUT2D eigenvalue weighted by Gasteiger charge is 2.25. The van der Waals surface area contributed by atoms with Crippen molar-refractivity contribution in [2.75, 3.05) is 0 Å². The van der Waals surface area contributed by atoms with Crippen molar-refractivity contribution in [3.8, 4) is 0 Å². The fraction of sp³-hybridized carbons (Fsp3) is 0.400. The third-order valence-electron chi connectivity index (χ3n) is 4.94. The molecule has 27 heavy (non-hydrogen) atoms. The van der Waals surface area contributed by atoms with Crippen molar-refractivity contribution in [1.29, 1.82) is 0 Å². The summed E-state index contributed by atoms with van der Waals surface area (Å²) in [5.74, 6) is 0.588. The Hall–Kier alpha value is -2.41. The first-order valence-electron chi connectivity index (χ1n) is 9.27. The van der Waals surface area contributed by atoms with E-state index in [9.17, 15) is 4.79 Å². The van der Waals surface area contributed by atoms with Crippen molar-refractivity contribution in [3.05, 3.63) is 52.8 Å². The molecule has 0 saturated carbocycles. The number of amides is 1. The summed E-state index contributed by atoms with van der Waals surface area (Å²) in [4.78, 5) is 21.6. The second-order valence-electron chi connectivity index (χ2n) is 7.06. The van der Waals surface area contributed by atoms with E-state index in [4.69, 9.17) is 0 Å². The van der Waals surface area contributed by atoms with Crippen LogP contribution in [0.2, 0.25) is 0 Å². The van der Waals surface area contributed by atoms with Crippen LogP contribution in [-0.4, -0.2) is 30.7 Å². The SMILES string of the molecule is Cc1cc(C)n2nc(S[C@H](C)C(=O)N[C@@H]3CCCc4ccccc43)nc2n1. The van der Waals surface area contributed by atoms with E-state index < -0.39 is 0 Å². The molecule has 0 bridgehead atoms. The number of carbonyl (C=O) groups excluding carboxylic acids is 1. The van der Waals surface area contributed by atoms with Crippen molar-refractivity contribution in [2.24, 2.45) is 0 Å². The molecule has 3 aromatic rings. The summed E-state index contributed by atoms with van der Waals surface area (Å²) in [5, 5.41) is 7.99. The molecule has 2 aromatic heterocycles. The molecule has 1 amide bonds. The van der Waals surface area contributed by atoms with Crippen LogP contribution >= 0.6 is 11.8 Å². The van der Waals surface area contributed by atoms with Crippen molar-refractivity contribution in [2.45, 2.75) is 56.5 Å². The fourth-order valence-corrected chi connectivity index (χ4v) is 4.36. The first kappa shape index (κ1) is 18.0. The Balaban J connectivity index is 1.47. The normalized spacial score (nSPS) is 17.5. The van der Waals surface area contributed by atoms with E-state index in [2.05, 4.69) is 38.6 Å². The van der Waals surface area contributed by atoms with Crippen LogP contribution in [0.1, 0.15) is 48.3 Å². The van der Waals surface area contributed by atoms with Crippen molar-refractivity contribution in [1.82, 2.24) is 24.9 Å². The predicted molar refractivity (Wildman–Crippen MR) is 106 cm³/mol. The van der Waals surface area contributed by atoms with Crippen LogP contribution in [-0.2, 0) is 11.2 Å². The number of aromatic nitrogens is 4. The van der Waals surface area contributed by atoms with Crippen LogP contribution in [0, 0.1) is 13.8 Å². The molecule has 1 N–H and O–H groups in total. The third-order valence-corrected chi connectivity index (χ3v) is 5.89. The number of rotatable bonds is 4. The lowest BCUT2D eigenvalue weighted by Crippen LogP contribution is -2.35. The number of carbonyl (C=O) groups is 1. The Morgan fingerprint density at radius 2 is 2.11 bits per heavy atom. The maximum absolute atomic E-state index is 12.8. The number of nitrogens with zero attached hydrogens (tertiary/aromatic N) is 4. The summed E-state index contributed by atoms with van der Waals surface area (Å²) in [6, 6.07) is 10.4. The number of benzene rings is 1. The third kappa shape index (κ3) is 3.69. The van der Waals surface area contributed by atoms with Gasteiger partial charge in [0.25, 0.3) is 5.78 Å². The summed E-state index contributed by atoms with van der Waals surface area (Å²) >= 11 is 1.37. The van der Waals surface area contributed by atoms with Gasteiger partial charge in [0.05, 0.1) is 11.3 Å². The molecular formula is C20H23N5OS. The second-order valence-corrected chi connectivity index (χ2v) is 8.37. The standard InChI is InChI=1S/C20H23N5OS/c1-12-11-13(2)25-19(21-12)23-20(24-25)27-14(3)18(26)22-17-10-6-8-15-7-4-5-9-16(15)17/h4-5,7,9,11,14,17H,6,8,10H2,1-3H3,(H,22,26)/t14-,17-/m1/s1. The van der Waals surface area contributed by atoms with Crippen molar-refractivity contribution >= 4 is 23.4 Å². The first-order valence-corrected chi connectivity index (χ1v) is 10.1. The lowest BCUT2D eigenvalue weighted by molar-refractivity contribution is -0.121. The number of nitrogens with one attached hydrogen (secondary N) is 1. The largest absolute Gasteiger partial charge is 0.348 e. The van der Waals surface area contributed by atoms with Crippen LogP contribution < -0.4 is 5.32 Å². The van der Waals surface area contributed by atoms with Gasteiger partial charge in [0.2, 0.25) is 11.1 Å². The molecule has 140 valence electrons. The lowest BCUT2D eigenvalue weighted by atomic mass is 9.88. The molecule has 0 aliphatic heterocycles. The van der Waals surface area contributed by atoms with Gasteiger partial charge in [-0.2, -0.15) is 4.98 Å². The van der Waals surface area contributed by atoms with Gasteiger partial charge in [-0.15, -0.1) is 5.10 Å². The summed E-state index contributed by atoms with van der Waals surface area (Å²) in [6.07, 6.45) is 3.17. The Bertz CT molecular complexity index is 999. The van der Waals surface area contributed by atoms with Crippen LogP contribution in [0.4, 0.5) is 0 Å². The maximum Gasteiger partial charge on any atom is 0.253 e. The Labute approximate surface area is 162 Å². The number of aryl methyl sites for hydroxylation is 3. The summed E-state index contributed by atoms with van der Waals surface area (Å²) in [5.41, 5.74) is 4.47. The fourth-order valence-electron chi connectivity index (χ4n) is 3.60. The Morgan fingerprint density at radius 3 is 2.96 bits per heavy atom. The van der Waals surface area contributed by atoms with Crippen molar-refractivity contribution in [3.63, 3.8) is 0 Å². The molecule has 0 spiro atoms.